The van der Waals surface area contributed by atoms with Crippen molar-refractivity contribution >= 4 is 0 Å². The van der Waals surface area contributed by atoms with Gasteiger partial charge in [0.15, 0.2) is 0 Å². The van der Waals surface area contributed by atoms with Crippen molar-refractivity contribution in [2.24, 2.45) is 5.41 Å². The maximum absolute atomic E-state index is 3.65. The molecule has 0 aliphatic carbocycles. The number of hydrogen-bond acceptors (Lipinski definition) is 2. The summed E-state index contributed by atoms with van der Waals surface area (Å²) in [7, 11) is 0. The molecule has 0 aromatic heterocycles. The van der Waals surface area contributed by atoms with Gasteiger partial charge in [-0.1, -0.05) is 43.7 Å². The molecule has 21 heavy (non-hydrogen) atoms. The normalized spacial score (nSPS) is 28.6. The summed E-state index contributed by atoms with van der Waals surface area (Å²) in [6, 6.07) is 11.8. The molecule has 2 fully saturated rings. The Morgan fingerprint density at radius 2 is 2.00 bits per heavy atom. The Kier molecular flexibility index (Phi) is 4.97. The van der Waals surface area contributed by atoms with Crippen LogP contribution in [0, 0.1) is 5.41 Å². The van der Waals surface area contributed by atoms with Gasteiger partial charge in [0.2, 0.25) is 0 Å². The second-order valence-electron chi connectivity index (χ2n) is 7.07. The molecule has 2 nitrogen and oxygen atoms in total. The predicted molar refractivity (Wildman–Crippen MR) is 89.4 cm³/mol. The van der Waals surface area contributed by atoms with Gasteiger partial charge in [0.1, 0.15) is 0 Å². The lowest BCUT2D eigenvalue weighted by atomic mass is 9.73. The van der Waals surface area contributed by atoms with Gasteiger partial charge in [-0.05, 0) is 56.2 Å². The van der Waals surface area contributed by atoms with Crippen molar-refractivity contribution < 1.29 is 0 Å². The molecule has 2 aliphatic rings. The number of rotatable bonds is 4. The van der Waals surface area contributed by atoms with Crippen LogP contribution in [-0.4, -0.2) is 31.1 Å². The Hall–Kier alpha value is -0.860. The van der Waals surface area contributed by atoms with Crippen molar-refractivity contribution in [1.29, 1.82) is 0 Å². The monoisotopic (exact) mass is 286 g/mol. The average molecular weight is 286 g/mol. The molecule has 0 saturated carbocycles. The van der Waals surface area contributed by atoms with Crippen LogP contribution in [0.15, 0.2) is 30.3 Å². The number of likely N-dealkylation sites (tertiary alicyclic amines) is 1. The third kappa shape index (κ3) is 3.49. The largest absolute Gasteiger partial charge is 0.316 e. The van der Waals surface area contributed by atoms with E-state index < -0.39 is 0 Å². The van der Waals surface area contributed by atoms with Gasteiger partial charge in [0.25, 0.3) is 0 Å². The fourth-order valence-electron chi connectivity index (χ4n) is 4.40. The first-order valence-corrected chi connectivity index (χ1v) is 8.83. The molecular formula is C19H30N2. The van der Waals surface area contributed by atoms with Crippen molar-refractivity contribution in [2.75, 3.05) is 26.2 Å². The lowest BCUT2D eigenvalue weighted by Crippen LogP contribution is -2.51. The van der Waals surface area contributed by atoms with E-state index in [9.17, 15) is 0 Å². The van der Waals surface area contributed by atoms with Crippen LogP contribution in [0.4, 0.5) is 0 Å². The van der Waals surface area contributed by atoms with Crippen LogP contribution in [0.3, 0.4) is 0 Å². The van der Waals surface area contributed by atoms with Gasteiger partial charge in [-0.25, -0.2) is 0 Å². The summed E-state index contributed by atoms with van der Waals surface area (Å²) in [5.41, 5.74) is 2.07. The Balaban J connectivity index is 1.76. The van der Waals surface area contributed by atoms with Crippen molar-refractivity contribution in [1.82, 2.24) is 10.2 Å². The highest BCUT2D eigenvalue weighted by Gasteiger charge is 2.38. The Morgan fingerprint density at radius 1 is 1.19 bits per heavy atom. The van der Waals surface area contributed by atoms with Crippen LogP contribution in [0.1, 0.15) is 57.1 Å². The average Bonchev–Trinajstić information content (AvgIpc) is 2.54. The summed E-state index contributed by atoms with van der Waals surface area (Å²) < 4.78 is 0. The molecule has 1 spiro atoms. The zero-order chi connectivity index (χ0) is 14.5. The van der Waals surface area contributed by atoms with Crippen LogP contribution < -0.4 is 5.32 Å². The maximum Gasteiger partial charge on any atom is 0.0348 e. The number of nitrogens with one attached hydrogen (secondary N) is 1. The molecule has 116 valence electrons. The third-order valence-electron chi connectivity index (χ3n) is 5.44. The third-order valence-corrected chi connectivity index (χ3v) is 5.44. The maximum atomic E-state index is 3.65. The quantitative estimate of drug-likeness (QED) is 0.900. The predicted octanol–water partition coefficient (Wildman–Crippen LogP) is 3.99. The highest BCUT2D eigenvalue weighted by molar-refractivity contribution is 5.19. The van der Waals surface area contributed by atoms with Gasteiger partial charge in [0.05, 0.1) is 0 Å². The fraction of sp³-hybridized carbons (Fsp3) is 0.684. The van der Waals surface area contributed by atoms with Crippen molar-refractivity contribution in [3.05, 3.63) is 35.9 Å². The van der Waals surface area contributed by atoms with Crippen molar-refractivity contribution in [3.8, 4) is 0 Å². The van der Waals surface area contributed by atoms with Gasteiger partial charge < -0.3 is 5.32 Å². The van der Waals surface area contributed by atoms with Gasteiger partial charge in [-0.15, -0.1) is 0 Å². The minimum absolute atomic E-state index is 0.553. The van der Waals surface area contributed by atoms with Crippen molar-refractivity contribution in [2.45, 2.75) is 51.5 Å². The zero-order valence-corrected chi connectivity index (χ0v) is 13.5. The van der Waals surface area contributed by atoms with E-state index in [1.54, 1.807) is 0 Å². The Bertz CT molecular complexity index is 417. The van der Waals surface area contributed by atoms with Crippen LogP contribution in [-0.2, 0) is 0 Å². The van der Waals surface area contributed by atoms with E-state index in [2.05, 4.69) is 47.5 Å². The molecule has 3 rings (SSSR count). The van der Waals surface area contributed by atoms with Crippen LogP contribution in [0.2, 0.25) is 0 Å². The molecule has 2 heterocycles. The van der Waals surface area contributed by atoms with Crippen LogP contribution in [0.5, 0.6) is 0 Å². The van der Waals surface area contributed by atoms with E-state index in [0.717, 1.165) is 0 Å². The Morgan fingerprint density at radius 3 is 2.71 bits per heavy atom. The molecule has 0 amide bonds. The summed E-state index contributed by atoms with van der Waals surface area (Å²) in [6.07, 6.45) is 8.12. The fourth-order valence-corrected chi connectivity index (χ4v) is 4.40. The summed E-state index contributed by atoms with van der Waals surface area (Å²) >= 11 is 0. The second-order valence-corrected chi connectivity index (χ2v) is 7.07. The van der Waals surface area contributed by atoms with Gasteiger partial charge in [-0.2, -0.15) is 0 Å². The standard InChI is InChI=1S/C19H30N2/c1-2-8-18(17-9-4-3-5-10-17)21-14-7-12-19(16-21)11-6-13-20-15-19/h3-5,9-10,18,20H,2,6-8,11-16H2,1H3. The molecule has 2 atom stereocenters. The van der Waals surface area contributed by atoms with Gasteiger partial charge >= 0.3 is 0 Å². The van der Waals surface area contributed by atoms with Gasteiger partial charge in [0, 0.05) is 19.1 Å². The van der Waals surface area contributed by atoms with E-state index in [0.29, 0.717) is 11.5 Å². The molecule has 2 aliphatic heterocycles. The topological polar surface area (TPSA) is 15.3 Å². The molecule has 1 N–H and O–H groups in total. The van der Waals surface area contributed by atoms with E-state index >= 15 is 0 Å². The lowest BCUT2D eigenvalue weighted by molar-refractivity contribution is 0.0340. The first-order chi connectivity index (χ1) is 10.3. The van der Waals surface area contributed by atoms with E-state index in [-0.39, 0.29) is 0 Å². The van der Waals surface area contributed by atoms with Crippen molar-refractivity contribution in [3.63, 3.8) is 0 Å². The number of piperidine rings is 2. The first-order valence-electron chi connectivity index (χ1n) is 8.83. The molecule has 1 aromatic rings. The smallest absolute Gasteiger partial charge is 0.0348 e. The lowest BCUT2D eigenvalue weighted by Gasteiger charge is -2.48. The molecule has 1 aromatic carbocycles. The summed E-state index contributed by atoms with van der Waals surface area (Å²) in [5.74, 6) is 0. The molecule has 2 unspecified atom stereocenters. The molecule has 2 saturated heterocycles. The van der Waals surface area contributed by atoms with Crippen LogP contribution in [0.25, 0.3) is 0 Å². The van der Waals surface area contributed by atoms with E-state index in [1.165, 1.54) is 70.3 Å². The minimum atomic E-state index is 0.553. The summed E-state index contributed by atoms with van der Waals surface area (Å²) in [4.78, 5) is 2.79. The first kappa shape index (κ1) is 15.1. The SMILES string of the molecule is CCCC(c1ccccc1)N1CCCC2(CCCNC2)C1. The van der Waals surface area contributed by atoms with E-state index in [4.69, 9.17) is 0 Å². The minimum Gasteiger partial charge on any atom is -0.316 e. The number of nitrogens with zero attached hydrogens (tertiary/aromatic N) is 1. The molecule has 0 bridgehead atoms. The Labute approximate surface area is 129 Å². The van der Waals surface area contributed by atoms with E-state index in [1.807, 2.05) is 0 Å². The summed E-state index contributed by atoms with van der Waals surface area (Å²) in [6.45, 7) is 7.34. The highest BCUT2D eigenvalue weighted by atomic mass is 15.2. The number of benzene rings is 1. The molecule has 2 heteroatoms. The second kappa shape index (κ2) is 6.93. The number of hydrogen-bond donors (Lipinski definition) is 1. The zero-order valence-electron chi connectivity index (χ0n) is 13.5. The molecule has 0 radical (unpaired) electrons. The van der Waals surface area contributed by atoms with Crippen LogP contribution >= 0.6 is 0 Å². The van der Waals surface area contributed by atoms with Gasteiger partial charge in [-0.3, -0.25) is 4.90 Å². The summed E-state index contributed by atoms with van der Waals surface area (Å²) in [5, 5.41) is 3.65. The molecular weight excluding hydrogens is 256 g/mol. The highest BCUT2D eigenvalue weighted by Crippen LogP contribution is 2.39.